The topological polar surface area (TPSA) is 55.7 Å². The molecule has 0 rings (SSSR count). The molecule has 0 atom stereocenters. The molecule has 0 aromatic heterocycles. The van der Waals surface area contributed by atoms with Crippen molar-refractivity contribution in [2.45, 2.75) is 38.5 Å². The van der Waals surface area contributed by atoms with Crippen molar-refractivity contribution in [3.8, 4) is 0 Å². The van der Waals surface area contributed by atoms with Crippen LogP contribution >= 0.6 is 0 Å². The van der Waals surface area contributed by atoms with E-state index in [9.17, 15) is 10.2 Å². The summed E-state index contributed by atoms with van der Waals surface area (Å²) in [6.45, 7) is 3.17. The molecule has 4 heteroatoms. The van der Waals surface area contributed by atoms with Crippen molar-refractivity contribution in [1.29, 1.82) is 0 Å². The number of nitrogens with one attached hydrogen (secondary N) is 1. The maximum atomic E-state index is 9.20. The minimum absolute atomic E-state index is 0.725. The van der Waals surface area contributed by atoms with Gasteiger partial charge in [-0.3, -0.25) is 4.90 Å². The summed E-state index contributed by atoms with van der Waals surface area (Å²) in [6, 6.07) is 0. The third kappa shape index (κ3) is 7.26. The zero-order chi connectivity index (χ0) is 11.0. The molecule has 0 aliphatic heterocycles. The standard InChI is InChI=1S/C10H24N2O2/c1-10(13,14)12(3)9-7-5-4-6-8-11-2/h11,13-14H,4-9H2,1-3H3. The van der Waals surface area contributed by atoms with Gasteiger partial charge in [0.05, 0.1) is 0 Å². The number of hydrogen-bond donors (Lipinski definition) is 3. The first-order valence-electron chi connectivity index (χ1n) is 5.29. The van der Waals surface area contributed by atoms with Crippen LogP contribution in [-0.4, -0.2) is 48.2 Å². The summed E-state index contributed by atoms with van der Waals surface area (Å²) >= 11 is 0. The second-order valence-electron chi connectivity index (χ2n) is 3.91. The fourth-order valence-electron chi connectivity index (χ4n) is 1.22. The maximum Gasteiger partial charge on any atom is 0.221 e. The lowest BCUT2D eigenvalue weighted by molar-refractivity contribution is -0.242. The molecule has 0 heterocycles. The predicted molar refractivity (Wildman–Crippen MR) is 57.9 cm³/mol. The lowest BCUT2D eigenvalue weighted by Crippen LogP contribution is -2.43. The van der Waals surface area contributed by atoms with Gasteiger partial charge in [-0.1, -0.05) is 12.8 Å². The molecule has 3 N–H and O–H groups in total. The molecule has 0 saturated carbocycles. The third-order valence-electron chi connectivity index (χ3n) is 2.39. The van der Waals surface area contributed by atoms with Gasteiger partial charge in [-0.25, -0.2) is 0 Å². The number of hydrogen-bond acceptors (Lipinski definition) is 4. The van der Waals surface area contributed by atoms with Gasteiger partial charge in [-0.15, -0.1) is 0 Å². The molecule has 0 aliphatic carbocycles. The van der Waals surface area contributed by atoms with Crippen LogP contribution in [0.2, 0.25) is 0 Å². The van der Waals surface area contributed by atoms with Gasteiger partial charge in [0.15, 0.2) is 0 Å². The zero-order valence-corrected chi connectivity index (χ0v) is 9.58. The quantitative estimate of drug-likeness (QED) is 0.395. The Labute approximate surface area is 86.9 Å². The highest BCUT2D eigenvalue weighted by atomic mass is 16.5. The second-order valence-corrected chi connectivity index (χ2v) is 3.91. The normalized spacial score (nSPS) is 12.4. The van der Waals surface area contributed by atoms with E-state index in [0.717, 1.165) is 25.9 Å². The van der Waals surface area contributed by atoms with Gasteiger partial charge in [0.2, 0.25) is 5.91 Å². The van der Waals surface area contributed by atoms with E-state index < -0.39 is 5.91 Å². The van der Waals surface area contributed by atoms with Crippen LogP contribution in [0, 0.1) is 0 Å². The van der Waals surface area contributed by atoms with E-state index in [4.69, 9.17) is 0 Å². The van der Waals surface area contributed by atoms with E-state index in [1.807, 2.05) is 7.05 Å². The molecule has 0 spiro atoms. The van der Waals surface area contributed by atoms with Crippen molar-refractivity contribution >= 4 is 0 Å². The molecular formula is C10H24N2O2. The Bertz CT molecular complexity index is 135. The summed E-state index contributed by atoms with van der Waals surface area (Å²) < 4.78 is 0. The van der Waals surface area contributed by atoms with Crippen molar-refractivity contribution in [1.82, 2.24) is 10.2 Å². The Morgan fingerprint density at radius 2 is 1.71 bits per heavy atom. The molecule has 4 nitrogen and oxygen atoms in total. The van der Waals surface area contributed by atoms with E-state index >= 15 is 0 Å². The van der Waals surface area contributed by atoms with Gasteiger partial charge in [0, 0.05) is 13.5 Å². The molecule has 0 aromatic carbocycles. The molecule has 0 radical (unpaired) electrons. The van der Waals surface area contributed by atoms with Gasteiger partial charge in [-0.2, -0.15) is 0 Å². The van der Waals surface area contributed by atoms with Gasteiger partial charge in [0.25, 0.3) is 0 Å². The predicted octanol–water partition coefficient (Wildman–Crippen LogP) is 0.356. The van der Waals surface area contributed by atoms with Crippen LogP contribution in [0.5, 0.6) is 0 Å². The molecule has 0 amide bonds. The average molecular weight is 204 g/mol. The van der Waals surface area contributed by atoms with Crippen LogP contribution in [0.3, 0.4) is 0 Å². The van der Waals surface area contributed by atoms with Crippen LogP contribution in [-0.2, 0) is 0 Å². The van der Waals surface area contributed by atoms with Crippen LogP contribution in [0.4, 0.5) is 0 Å². The minimum atomic E-state index is -1.68. The van der Waals surface area contributed by atoms with Crippen LogP contribution < -0.4 is 5.32 Å². The fraction of sp³-hybridized carbons (Fsp3) is 1.00. The van der Waals surface area contributed by atoms with E-state index in [2.05, 4.69) is 5.32 Å². The first kappa shape index (κ1) is 13.8. The van der Waals surface area contributed by atoms with Crippen LogP contribution in [0.15, 0.2) is 0 Å². The molecular weight excluding hydrogens is 180 g/mol. The number of unbranched alkanes of at least 4 members (excludes halogenated alkanes) is 3. The summed E-state index contributed by atoms with van der Waals surface area (Å²) in [5.74, 6) is -1.68. The van der Waals surface area contributed by atoms with Crippen molar-refractivity contribution < 1.29 is 10.2 Å². The van der Waals surface area contributed by atoms with E-state index in [0.29, 0.717) is 0 Å². The van der Waals surface area contributed by atoms with Gasteiger partial charge >= 0.3 is 0 Å². The lowest BCUT2D eigenvalue weighted by Gasteiger charge is -2.28. The summed E-state index contributed by atoms with van der Waals surface area (Å²) in [7, 11) is 3.67. The zero-order valence-electron chi connectivity index (χ0n) is 9.58. The Morgan fingerprint density at radius 3 is 2.21 bits per heavy atom. The molecule has 14 heavy (non-hydrogen) atoms. The Balaban J connectivity index is 3.28. The SMILES string of the molecule is CNCCCCCCN(C)C(C)(O)O. The summed E-state index contributed by atoms with van der Waals surface area (Å²) in [6.07, 6.45) is 4.54. The molecule has 0 bridgehead atoms. The highest BCUT2D eigenvalue weighted by molar-refractivity contribution is 4.58. The van der Waals surface area contributed by atoms with E-state index in [1.54, 1.807) is 11.9 Å². The second kappa shape index (κ2) is 7.17. The fourth-order valence-corrected chi connectivity index (χ4v) is 1.22. The first-order valence-corrected chi connectivity index (χ1v) is 5.29. The number of nitrogens with zero attached hydrogens (tertiary/aromatic N) is 1. The van der Waals surface area contributed by atoms with Crippen LogP contribution in [0.1, 0.15) is 32.6 Å². The van der Waals surface area contributed by atoms with E-state index in [1.165, 1.54) is 19.8 Å². The maximum absolute atomic E-state index is 9.20. The lowest BCUT2D eigenvalue weighted by atomic mass is 10.2. The molecule has 0 unspecified atom stereocenters. The average Bonchev–Trinajstić information content (AvgIpc) is 2.09. The van der Waals surface area contributed by atoms with E-state index in [-0.39, 0.29) is 0 Å². The molecule has 86 valence electrons. The van der Waals surface area contributed by atoms with Gasteiger partial charge in [-0.05, 0) is 33.5 Å². The van der Waals surface area contributed by atoms with Crippen molar-refractivity contribution in [3.63, 3.8) is 0 Å². The molecule has 0 fully saturated rings. The molecule has 0 aromatic rings. The molecule has 0 aliphatic rings. The summed E-state index contributed by atoms with van der Waals surface area (Å²) in [4.78, 5) is 1.55. The van der Waals surface area contributed by atoms with Crippen molar-refractivity contribution in [2.24, 2.45) is 0 Å². The van der Waals surface area contributed by atoms with Gasteiger partial charge < -0.3 is 15.5 Å². The smallest absolute Gasteiger partial charge is 0.221 e. The van der Waals surface area contributed by atoms with Crippen molar-refractivity contribution in [3.05, 3.63) is 0 Å². The highest BCUT2D eigenvalue weighted by Crippen LogP contribution is 2.07. The Hall–Kier alpha value is -0.160. The third-order valence-corrected chi connectivity index (χ3v) is 2.39. The highest BCUT2D eigenvalue weighted by Gasteiger charge is 2.20. The minimum Gasteiger partial charge on any atom is -0.353 e. The Morgan fingerprint density at radius 1 is 1.14 bits per heavy atom. The summed E-state index contributed by atoms with van der Waals surface area (Å²) in [5, 5.41) is 21.5. The largest absolute Gasteiger partial charge is 0.353 e. The van der Waals surface area contributed by atoms with Crippen LogP contribution in [0.25, 0.3) is 0 Å². The number of rotatable bonds is 8. The monoisotopic (exact) mass is 204 g/mol. The first-order chi connectivity index (χ1) is 6.48. The van der Waals surface area contributed by atoms with Gasteiger partial charge in [0.1, 0.15) is 0 Å². The van der Waals surface area contributed by atoms with Crippen molar-refractivity contribution in [2.75, 3.05) is 27.2 Å². The summed E-state index contributed by atoms with van der Waals surface area (Å²) in [5.41, 5.74) is 0. The Kier molecular flexibility index (Phi) is 7.09. The molecule has 0 saturated heterocycles. The number of aliphatic hydroxyl groups is 2.